The predicted molar refractivity (Wildman–Crippen MR) is 94.1 cm³/mol. The molecule has 0 saturated heterocycles. The minimum Gasteiger partial charge on any atom is -0.385 e. The molecular weight excluding hydrogens is 332 g/mol. The molecule has 5 nitrogen and oxygen atoms in total. The van der Waals surface area contributed by atoms with Gasteiger partial charge in [-0.25, -0.2) is 0 Å². The average Bonchev–Trinajstić information content (AvgIpc) is 2.87. The van der Waals surface area contributed by atoms with Crippen LogP contribution >= 0.6 is 0 Å². The van der Waals surface area contributed by atoms with Crippen molar-refractivity contribution < 1.29 is 24.6 Å². The summed E-state index contributed by atoms with van der Waals surface area (Å²) in [5.41, 5.74) is -2.42. The third-order valence-electron chi connectivity index (χ3n) is 8.65. The average molecular weight is 360 g/mol. The summed E-state index contributed by atoms with van der Waals surface area (Å²) in [6.45, 7) is 5.43. The number of rotatable bonds is 1. The van der Waals surface area contributed by atoms with Gasteiger partial charge in [0.25, 0.3) is 0 Å². The number of carbonyl (C=O) groups is 3. The van der Waals surface area contributed by atoms with Crippen LogP contribution in [0.1, 0.15) is 52.9 Å². The zero-order valence-corrected chi connectivity index (χ0v) is 15.7. The minimum atomic E-state index is -1.37. The fourth-order valence-electron chi connectivity index (χ4n) is 7.02. The number of carbonyl (C=O) groups excluding carboxylic acids is 3. The molecule has 2 N–H and O–H groups in total. The first kappa shape index (κ1) is 18.1. The van der Waals surface area contributed by atoms with Crippen LogP contribution in [0, 0.1) is 34.5 Å². The maximum Gasteiger partial charge on any atom is 0.165 e. The molecule has 2 unspecified atom stereocenters. The molecule has 3 saturated carbocycles. The van der Waals surface area contributed by atoms with E-state index in [1.165, 1.54) is 6.92 Å². The standard InChI is InChI=1S/C21H28O5/c1-11(22)21(26)9-6-14-16-13(5-8-20(14,21)3)19(2)7-4-12(23)10-15(19)17(24)18(16)25/h4,7,13-16,18,25-26H,5-6,8-10H2,1-3H3/t13-,14-,15?,16+,18?,19+,20-,21-/m0/s1. The molecule has 0 heterocycles. The minimum absolute atomic E-state index is 0.0565. The van der Waals surface area contributed by atoms with Crippen molar-refractivity contribution in [1.82, 2.24) is 0 Å². The molecule has 0 aromatic rings. The largest absolute Gasteiger partial charge is 0.385 e. The molecule has 3 fully saturated rings. The van der Waals surface area contributed by atoms with Crippen LogP contribution in [0.4, 0.5) is 0 Å². The highest BCUT2D eigenvalue weighted by Crippen LogP contribution is 2.66. The molecule has 0 amide bonds. The van der Waals surface area contributed by atoms with Crippen LogP contribution in [0.25, 0.3) is 0 Å². The third kappa shape index (κ3) is 1.96. The van der Waals surface area contributed by atoms with E-state index in [4.69, 9.17) is 0 Å². The van der Waals surface area contributed by atoms with E-state index in [0.29, 0.717) is 19.3 Å². The van der Waals surface area contributed by atoms with Gasteiger partial charge in [0.15, 0.2) is 17.3 Å². The highest BCUT2D eigenvalue weighted by Gasteiger charge is 2.68. The number of allylic oxidation sites excluding steroid dienone is 2. The van der Waals surface area contributed by atoms with Crippen molar-refractivity contribution in [2.75, 3.05) is 0 Å². The molecule has 0 bridgehead atoms. The quantitative estimate of drug-likeness (QED) is 0.744. The van der Waals surface area contributed by atoms with Crippen LogP contribution in [-0.4, -0.2) is 39.3 Å². The maximum absolute atomic E-state index is 13.0. The van der Waals surface area contributed by atoms with Crippen molar-refractivity contribution >= 4 is 17.3 Å². The van der Waals surface area contributed by atoms with Gasteiger partial charge in [-0.15, -0.1) is 0 Å². The van der Waals surface area contributed by atoms with Crippen molar-refractivity contribution in [3.63, 3.8) is 0 Å². The lowest BCUT2D eigenvalue weighted by Crippen LogP contribution is -2.63. The Morgan fingerprint density at radius 1 is 1.15 bits per heavy atom. The summed E-state index contributed by atoms with van der Waals surface area (Å²) < 4.78 is 0. The second-order valence-corrected chi connectivity index (χ2v) is 9.47. The van der Waals surface area contributed by atoms with Crippen LogP contribution in [-0.2, 0) is 14.4 Å². The van der Waals surface area contributed by atoms with Gasteiger partial charge in [0.1, 0.15) is 11.7 Å². The number of aliphatic hydroxyl groups excluding tert-OH is 1. The Hall–Kier alpha value is -1.33. The Kier molecular flexibility index (Phi) is 3.72. The second-order valence-electron chi connectivity index (χ2n) is 9.47. The van der Waals surface area contributed by atoms with Gasteiger partial charge in [-0.3, -0.25) is 14.4 Å². The molecule has 0 aromatic carbocycles. The van der Waals surface area contributed by atoms with Gasteiger partial charge in [0.05, 0.1) is 0 Å². The van der Waals surface area contributed by atoms with Gasteiger partial charge in [-0.05, 0) is 61.9 Å². The van der Waals surface area contributed by atoms with Crippen molar-refractivity contribution in [1.29, 1.82) is 0 Å². The van der Waals surface area contributed by atoms with Crippen molar-refractivity contribution in [2.45, 2.75) is 64.6 Å². The molecule has 4 rings (SSSR count). The molecule has 0 spiro atoms. The molecule has 26 heavy (non-hydrogen) atoms. The molecule has 142 valence electrons. The monoisotopic (exact) mass is 360 g/mol. The first-order chi connectivity index (χ1) is 12.1. The topological polar surface area (TPSA) is 91.7 Å². The van der Waals surface area contributed by atoms with Gasteiger partial charge >= 0.3 is 0 Å². The predicted octanol–water partition coefficient (Wildman–Crippen LogP) is 1.84. The van der Waals surface area contributed by atoms with E-state index < -0.39 is 28.5 Å². The van der Waals surface area contributed by atoms with Crippen LogP contribution in [0.5, 0.6) is 0 Å². The lowest BCUT2D eigenvalue weighted by Gasteiger charge is -2.60. The highest BCUT2D eigenvalue weighted by atomic mass is 16.3. The molecule has 0 aromatic heterocycles. The summed E-state index contributed by atoms with van der Waals surface area (Å²) in [6, 6.07) is 0. The van der Waals surface area contributed by atoms with Gasteiger partial charge in [0.2, 0.25) is 0 Å². The molecule has 0 radical (unpaired) electrons. The highest BCUT2D eigenvalue weighted by molar-refractivity contribution is 5.98. The summed E-state index contributed by atoms with van der Waals surface area (Å²) in [5, 5.41) is 22.1. The van der Waals surface area contributed by atoms with Gasteiger partial charge in [-0.1, -0.05) is 19.9 Å². The van der Waals surface area contributed by atoms with Gasteiger partial charge in [0, 0.05) is 17.8 Å². The van der Waals surface area contributed by atoms with Crippen molar-refractivity contribution in [3.05, 3.63) is 12.2 Å². The summed E-state index contributed by atoms with van der Waals surface area (Å²) in [4.78, 5) is 37.1. The maximum atomic E-state index is 13.0. The fraction of sp³-hybridized carbons (Fsp3) is 0.762. The molecular formula is C21H28O5. The summed E-state index contributed by atoms with van der Waals surface area (Å²) >= 11 is 0. The Morgan fingerprint density at radius 3 is 2.46 bits per heavy atom. The van der Waals surface area contributed by atoms with E-state index in [1.807, 2.05) is 19.9 Å². The number of aliphatic hydroxyl groups is 2. The van der Waals surface area contributed by atoms with E-state index in [2.05, 4.69) is 0 Å². The summed E-state index contributed by atoms with van der Waals surface area (Å²) in [7, 11) is 0. The first-order valence-electron chi connectivity index (χ1n) is 9.73. The molecule has 0 aliphatic heterocycles. The van der Waals surface area contributed by atoms with Crippen molar-refractivity contribution in [2.24, 2.45) is 34.5 Å². The Bertz CT molecular complexity index is 726. The van der Waals surface area contributed by atoms with E-state index in [0.717, 1.165) is 6.42 Å². The van der Waals surface area contributed by atoms with Crippen LogP contribution in [0.2, 0.25) is 0 Å². The van der Waals surface area contributed by atoms with Crippen LogP contribution < -0.4 is 0 Å². The Labute approximate surface area is 153 Å². The molecule has 5 heteroatoms. The summed E-state index contributed by atoms with van der Waals surface area (Å²) in [5.74, 6) is -1.24. The number of fused-ring (bicyclic) bond motifs is 5. The van der Waals surface area contributed by atoms with Crippen molar-refractivity contribution in [3.8, 4) is 0 Å². The van der Waals surface area contributed by atoms with E-state index in [1.54, 1.807) is 6.08 Å². The van der Waals surface area contributed by atoms with Gasteiger partial charge < -0.3 is 10.2 Å². The van der Waals surface area contributed by atoms with E-state index >= 15 is 0 Å². The Morgan fingerprint density at radius 2 is 1.81 bits per heavy atom. The zero-order valence-electron chi connectivity index (χ0n) is 15.7. The smallest absolute Gasteiger partial charge is 0.165 e. The van der Waals surface area contributed by atoms with Crippen LogP contribution in [0.15, 0.2) is 12.2 Å². The number of hydrogen-bond donors (Lipinski definition) is 2. The lowest BCUT2D eigenvalue weighted by atomic mass is 9.44. The normalized spacial score (nSPS) is 53.0. The fourth-order valence-corrected chi connectivity index (χ4v) is 7.02. The Balaban J connectivity index is 1.79. The second kappa shape index (κ2) is 5.35. The molecule has 8 atom stereocenters. The number of Topliss-reactive ketones (excluding diaryl/α,β-unsaturated/α-hetero) is 2. The van der Waals surface area contributed by atoms with E-state index in [9.17, 15) is 24.6 Å². The number of hydrogen-bond acceptors (Lipinski definition) is 5. The zero-order chi connectivity index (χ0) is 19.1. The first-order valence-corrected chi connectivity index (χ1v) is 9.73. The van der Waals surface area contributed by atoms with Crippen LogP contribution in [0.3, 0.4) is 0 Å². The lowest BCUT2D eigenvalue weighted by molar-refractivity contribution is -0.183. The molecule has 4 aliphatic rings. The molecule has 4 aliphatic carbocycles. The number of ketones is 3. The SMILES string of the molecule is CC(=O)[C@@]1(O)CC[C@H]2[C@@H]3C(O)C(=O)C4CC(=O)C=C[C@]4(C)[C@H]3CC[C@@]21C. The van der Waals surface area contributed by atoms with E-state index in [-0.39, 0.29) is 41.5 Å². The van der Waals surface area contributed by atoms with Gasteiger partial charge in [-0.2, -0.15) is 0 Å². The third-order valence-corrected chi connectivity index (χ3v) is 8.65. The summed E-state index contributed by atoms with van der Waals surface area (Å²) in [6.07, 6.45) is 5.00.